The topological polar surface area (TPSA) is 33.2 Å². The Bertz CT molecular complexity index is 775. The van der Waals surface area contributed by atoms with Crippen LogP contribution < -0.4 is 0 Å². The maximum Gasteiger partial charge on any atom is 0.257 e. The summed E-state index contributed by atoms with van der Waals surface area (Å²) in [6.45, 7) is 0. The summed E-state index contributed by atoms with van der Waals surface area (Å²) in [5.41, 5.74) is 3.12. The molecule has 23 heavy (non-hydrogen) atoms. The number of amides is 1. The summed E-state index contributed by atoms with van der Waals surface area (Å²) in [5.74, 6) is -0.00648. The van der Waals surface area contributed by atoms with Gasteiger partial charge < -0.3 is 4.90 Å². The van der Waals surface area contributed by atoms with Crippen LogP contribution in [0.25, 0.3) is 0 Å². The zero-order valence-electron chi connectivity index (χ0n) is 12.5. The number of benzene rings is 1. The molecule has 0 N–H and O–H groups in total. The molecule has 2 aliphatic carbocycles. The standard InChI is InChI=1S/C18H16BrClN2O/c19-12-9-15(17(20)21-10-12)18(23)22(13-6-7-13)16-8-5-11-3-1-2-4-14(11)16/h1-4,9-10,13,16H,5-8H2. The van der Waals surface area contributed by atoms with E-state index >= 15 is 0 Å². The first kappa shape index (κ1) is 15.2. The third-order valence-corrected chi connectivity index (χ3v) is 5.38. The van der Waals surface area contributed by atoms with Crippen molar-refractivity contribution in [3.05, 3.63) is 62.8 Å². The number of nitrogens with zero attached hydrogens (tertiary/aromatic N) is 2. The van der Waals surface area contributed by atoms with Crippen molar-refractivity contribution >= 4 is 33.4 Å². The number of pyridine rings is 1. The second-order valence-corrected chi connectivity index (χ2v) is 7.46. The van der Waals surface area contributed by atoms with E-state index in [0.717, 1.165) is 30.2 Å². The average molecular weight is 392 g/mol. The number of carbonyl (C=O) groups is 1. The fraction of sp³-hybridized carbons (Fsp3) is 0.333. The molecule has 3 nitrogen and oxygen atoms in total. The molecular formula is C18H16BrClN2O. The summed E-state index contributed by atoms with van der Waals surface area (Å²) < 4.78 is 0.771. The Morgan fingerprint density at radius 3 is 2.83 bits per heavy atom. The van der Waals surface area contributed by atoms with E-state index in [1.54, 1.807) is 12.3 Å². The van der Waals surface area contributed by atoms with Gasteiger partial charge in [-0.3, -0.25) is 4.79 Å². The molecule has 0 bridgehead atoms. The van der Waals surface area contributed by atoms with E-state index in [2.05, 4.69) is 45.2 Å². The van der Waals surface area contributed by atoms with Crippen molar-refractivity contribution in [1.29, 1.82) is 0 Å². The van der Waals surface area contributed by atoms with Gasteiger partial charge in [0.1, 0.15) is 5.15 Å². The number of carbonyl (C=O) groups excluding carboxylic acids is 1. The summed E-state index contributed by atoms with van der Waals surface area (Å²) in [6.07, 6.45) is 5.78. The Morgan fingerprint density at radius 1 is 1.26 bits per heavy atom. The van der Waals surface area contributed by atoms with Crippen molar-refractivity contribution in [2.24, 2.45) is 0 Å². The summed E-state index contributed by atoms with van der Waals surface area (Å²) >= 11 is 9.57. The van der Waals surface area contributed by atoms with Gasteiger partial charge in [-0.25, -0.2) is 4.98 Å². The van der Waals surface area contributed by atoms with Crippen LogP contribution in [0, 0.1) is 0 Å². The molecule has 1 aromatic heterocycles. The highest BCUT2D eigenvalue weighted by Crippen LogP contribution is 2.43. The normalized spacial score (nSPS) is 19.5. The maximum atomic E-state index is 13.2. The first-order valence-corrected chi connectivity index (χ1v) is 9.04. The molecule has 0 spiro atoms. The first-order valence-electron chi connectivity index (χ1n) is 7.86. The Morgan fingerprint density at radius 2 is 2.04 bits per heavy atom. The van der Waals surface area contributed by atoms with E-state index in [9.17, 15) is 4.79 Å². The second-order valence-electron chi connectivity index (χ2n) is 6.19. The van der Waals surface area contributed by atoms with E-state index in [0.29, 0.717) is 11.6 Å². The van der Waals surface area contributed by atoms with E-state index in [-0.39, 0.29) is 17.1 Å². The maximum absolute atomic E-state index is 13.2. The average Bonchev–Trinajstić information content (AvgIpc) is 3.30. The van der Waals surface area contributed by atoms with Crippen LogP contribution in [0.2, 0.25) is 5.15 Å². The summed E-state index contributed by atoms with van der Waals surface area (Å²) in [4.78, 5) is 19.3. The van der Waals surface area contributed by atoms with E-state index in [1.807, 2.05) is 4.90 Å². The predicted octanol–water partition coefficient (Wildman–Crippen LogP) is 4.79. The summed E-state index contributed by atoms with van der Waals surface area (Å²) in [7, 11) is 0. The fourth-order valence-corrected chi connectivity index (χ4v) is 3.97. The van der Waals surface area contributed by atoms with E-state index in [4.69, 9.17) is 11.6 Å². The van der Waals surface area contributed by atoms with Gasteiger partial charge in [-0.2, -0.15) is 0 Å². The number of rotatable bonds is 3. The number of halogens is 2. The lowest BCUT2D eigenvalue weighted by molar-refractivity contribution is 0.0658. The van der Waals surface area contributed by atoms with Gasteiger partial charge in [-0.15, -0.1) is 0 Å². The van der Waals surface area contributed by atoms with E-state index in [1.165, 1.54) is 11.1 Å². The van der Waals surface area contributed by atoms with Gasteiger partial charge >= 0.3 is 0 Å². The van der Waals surface area contributed by atoms with Gasteiger partial charge in [0, 0.05) is 16.7 Å². The lowest BCUT2D eigenvalue weighted by atomic mass is 10.1. The molecule has 0 saturated heterocycles. The van der Waals surface area contributed by atoms with Crippen LogP contribution in [0.3, 0.4) is 0 Å². The third kappa shape index (κ3) is 2.79. The number of fused-ring (bicyclic) bond motifs is 1. The zero-order valence-corrected chi connectivity index (χ0v) is 14.8. The number of hydrogen-bond donors (Lipinski definition) is 0. The van der Waals surface area contributed by atoms with Crippen molar-refractivity contribution in [3.63, 3.8) is 0 Å². The Balaban J connectivity index is 1.72. The highest BCUT2D eigenvalue weighted by atomic mass is 79.9. The number of aromatic nitrogens is 1. The summed E-state index contributed by atoms with van der Waals surface area (Å²) in [5, 5.41) is 0.273. The van der Waals surface area contributed by atoms with Crippen LogP contribution in [0.1, 0.15) is 46.8 Å². The van der Waals surface area contributed by atoms with Crippen LogP contribution in [-0.2, 0) is 6.42 Å². The van der Waals surface area contributed by atoms with Gasteiger partial charge in [-0.1, -0.05) is 35.9 Å². The lowest BCUT2D eigenvalue weighted by Crippen LogP contribution is -2.36. The highest BCUT2D eigenvalue weighted by Gasteiger charge is 2.41. The molecule has 0 aliphatic heterocycles. The number of hydrogen-bond acceptors (Lipinski definition) is 2. The molecule has 1 unspecified atom stereocenters. The fourth-order valence-electron chi connectivity index (χ4n) is 3.45. The molecular weight excluding hydrogens is 376 g/mol. The minimum atomic E-state index is -0.00648. The molecule has 1 aromatic carbocycles. The molecule has 4 rings (SSSR count). The van der Waals surface area contributed by atoms with Gasteiger partial charge in [-0.05, 0) is 58.8 Å². The Labute approximate surface area is 148 Å². The molecule has 1 fully saturated rings. The molecule has 2 aliphatic rings. The van der Waals surface area contributed by atoms with Gasteiger partial charge in [0.15, 0.2) is 0 Å². The predicted molar refractivity (Wildman–Crippen MR) is 93.6 cm³/mol. The van der Waals surface area contributed by atoms with Crippen LogP contribution in [-0.4, -0.2) is 21.8 Å². The highest BCUT2D eigenvalue weighted by molar-refractivity contribution is 9.10. The minimum Gasteiger partial charge on any atom is -0.329 e. The molecule has 118 valence electrons. The van der Waals surface area contributed by atoms with Crippen LogP contribution in [0.4, 0.5) is 0 Å². The molecule has 1 saturated carbocycles. The number of aryl methyl sites for hydroxylation is 1. The molecule has 1 heterocycles. The van der Waals surface area contributed by atoms with E-state index < -0.39 is 0 Å². The van der Waals surface area contributed by atoms with Crippen molar-refractivity contribution in [2.75, 3.05) is 0 Å². The molecule has 5 heteroatoms. The van der Waals surface area contributed by atoms with Crippen molar-refractivity contribution < 1.29 is 4.79 Å². The van der Waals surface area contributed by atoms with Crippen molar-refractivity contribution in [2.45, 2.75) is 37.8 Å². The molecule has 2 aromatic rings. The van der Waals surface area contributed by atoms with Gasteiger partial charge in [0.25, 0.3) is 5.91 Å². The lowest BCUT2D eigenvalue weighted by Gasteiger charge is -2.30. The largest absolute Gasteiger partial charge is 0.329 e. The Kier molecular flexibility index (Phi) is 3.90. The van der Waals surface area contributed by atoms with Crippen molar-refractivity contribution in [1.82, 2.24) is 9.88 Å². The molecule has 1 atom stereocenters. The molecule has 0 radical (unpaired) electrons. The van der Waals surface area contributed by atoms with Gasteiger partial charge in [0.2, 0.25) is 0 Å². The SMILES string of the molecule is O=C(c1cc(Br)cnc1Cl)N(C1CC1)C1CCc2ccccc21. The summed E-state index contributed by atoms with van der Waals surface area (Å²) in [6, 6.07) is 10.7. The van der Waals surface area contributed by atoms with Crippen LogP contribution in [0.15, 0.2) is 41.0 Å². The molecule has 1 amide bonds. The smallest absolute Gasteiger partial charge is 0.257 e. The minimum absolute atomic E-state index is 0.00648. The zero-order chi connectivity index (χ0) is 16.0. The second kappa shape index (κ2) is 5.91. The first-order chi connectivity index (χ1) is 11.1. The van der Waals surface area contributed by atoms with Gasteiger partial charge in [0.05, 0.1) is 11.6 Å². The Hall–Kier alpha value is -1.39. The third-order valence-electron chi connectivity index (χ3n) is 4.65. The quantitative estimate of drug-likeness (QED) is 0.705. The van der Waals surface area contributed by atoms with Crippen LogP contribution >= 0.6 is 27.5 Å². The monoisotopic (exact) mass is 390 g/mol. The van der Waals surface area contributed by atoms with Crippen LogP contribution in [0.5, 0.6) is 0 Å². The van der Waals surface area contributed by atoms with Crippen molar-refractivity contribution in [3.8, 4) is 0 Å².